The van der Waals surface area contributed by atoms with Gasteiger partial charge in [-0.2, -0.15) is 5.10 Å². The Hall–Kier alpha value is -2.47. The number of nitrogens with zero attached hydrogens (tertiary/aromatic N) is 3. The van der Waals surface area contributed by atoms with Gasteiger partial charge in [-0.05, 0) is 37.1 Å². The number of pyridine rings is 1. The molecule has 0 saturated heterocycles. The lowest BCUT2D eigenvalue weighted by Gasteiger charge is -2.02. The molecular formula is C18H18N4OS. The van der Waals surface area contributed by atoms with Crippen molar-refractivity contribution in [2.45, 2.75) is 25.8 Å². The molecular weight excluding hydrogens is 320 g/mol. The number of anilines is 1. The second kappa shape index (κ2) is 6.20. The van der Waals surface area contributed by atoms with E-state index in [1.165, 1.54) is 9.75 Å². The van der Waals surface area contributed by atoms with Crippen molar-refractivity contribution in [1.82, 2.24) is 14.8 Å². The minimum absolute atomic E-state index is 0.0673. The number of thiophene rings is 1. The summed E-state index contributed by atoms with van der Waals surface area (Å²) in [6.07, 6.45) is 6.37. The number of aromatic nitrogens is 3. The van der Waals surface area contributed by atoms with Gasteiger partial charge in [0.15, 0.2) is 5.82 Å². The van der Waals surface area contributed by atoms with Crippen molar-refractivity contribution in [2.75, 3.05) is 5.32 Å². The van der Waals surface area contributed by atoms with E-state index in [4.69, 9.17) is 0 Å². The van der Waals surface area contributed by atoms with Crippen LogP contribution < -0.4 is 5.32 Å². The Morgan fingerprint density at radius 1 is 1.38 bits per heavy atom. The van der Waals surface area contributed by atoms with Gasteiger partial charge < -0.3 is 5.32 Å². The van der Waals surface area contributed by atoms with Gasteiger partial charge in [0.05, 0.1) is 6.54 Å². The van der Waals surface area contributed by atoms with Gasteiger partial charge >= 0.3 is 0 Å². The third-order valence-corrected chi connectivity index (χ3v) is 5.35. The molecule has 1 aliphatic rings. The van der Waals surface area contributed by atoms with Crippen molar-refractivity contribution in [3.63, 3.8) is 0 Å². The predicted molar refractivity (Wildman–Crippen MR) is 94.1 cm³/mol. The number of rotatable bonds is 5. The van der Waals surface area contributed by atoms with Gasteiger partial charge in [-0.25, -0.2) is 0 Å². The Morgan fingerprint density at radius 2 is 2.29 bits per heavy atom. The lowest BCUT2D eigenvalue weighted by molar-refractivity contribution is -0.117. The molecule has 122 valence electrons. The van der Waals surface area contributed by atoms with Crippen molar-refractivity contribution >= 4 is 23.1 Å². The molecule has 1 saturated carbocycles. The highest BCUT2D eigenvalue weighted by Crippen LogP contribution is 2.50. The van der Waals surface area contributed by atoms with Gasteiger partial charge in [0.25, 0.3) is 0 Å². The standard InChI is InChI=1S/C18H18N4OS/c1-12-4-5-16(24-12)14-9-15(14)18(23)20-17-6-8-22(21-17)11-13-3-2-7-19-10-13/h2-8,10,14-15H,9,11H2,1H3,(H,20,21,23)/t14-,15-/m0/s1. The smallest absolute Gasteiger partial charge is 0.229 e. The fraction of sp³-hybridized carbons (Fsp3) is 0.278. The van der Waals surface area contributed by atoms with Gasteiger partial charge in [0, 0.05) is 46.2 Å². The van der Waals surface area contributed by atoms with Crippen molar-refractivity contribution < 1.29 is 4.79 Å². The number of hydrogen-bond acceptors (Lipinski definition) is 4. The number of amides is 1. The van der Waals surface area contributed by atoms with E-state index in [1.807, 2.05) is 30.6 Å². The molecule has 0 spiro atoms. The van der Waals surface area contributed by atoms with E-state index in [9.17, 15) is 4.79 Å². The van der Waals surface area contributed by atoms with E-state index in [1.54, 1.807) is 22.2 Å². The van der Waals surface area contributed by atoms with E-state index in [2.05, 4.69) is 34.5 Å². The second-order valence-electron chi connectivity index (χ2n) is 6.15. The van der Waals surface area contributed by atoms with Crippen LogP contribution in [0.1, 0.15) is 27.7 Å². The predicted octanol–water partition coefficient (Wildman–Crippen LogP) is 3.44. The summed E-state index contributed by atoms with van der Waals surface area (Å²) >= 11 is 1.79. The summed E-state index contributed by atoms with van der Waals surface area (Å²) in [6, 6.07) is 10.0. The zero-order valence-corrected chi connectivity index (χ0v) is 14.2. The third-order valence-electron chi connectivity index (χ3n) is 4.21. The molecule has 0 bridgehead atoms. The molecule has 2 atom stereocenters. The van der Waals surface area contributed by atoms with Crippen molar-refractivity contribution in [3.8, 4) is 0 Å². The quantitative estimate of drug-likeness (QED) is 0.775. The number of hydrogen-bond donors (Lipinski definition) is 1. The number of carbonyl (C=O) groups excluding carboxylic acids is 1. The molecule has 0 unspecified atom stereocenters. The normalized spacial score (nSPS) is 19.2. The van der Waals surface area contributed by atoms with E-state index in [0.717, 1.165) is 12.0 Å². The maximum atomic E-state index is 12.4. The molecule has 1 amide bonds. The van der Waals surface area contributed by atoms with E-state index < -0.39 is 0 Å². The first-order valence-electron chi connectivity index (χ1n) is 7.98. The summed E-state index contributed by atoms with van der Waals surface area (Å²) in [4.78, 5) is 19.1. The molecule has 1 aliphatic carbocycles. The van der Waals surface area contributed by atoms with E-state index in [-0.39, 0.29) is 11.8 Å². The maximum absolute atomic E-state index is 12.4. The molecule has 1 N–H and O–H groups in total. The zero-order valence-electron chi connectivity index (χ0n) is 13.3. The molecule has 3 aromatic heterocycles. The van der Waals surface area contributed by atoms with Gasteiger partial charge in [-0.1, -0.05) is 6.07 Å². The van der Waals surface area contributed by atoms with Crippen LogP contribution in [0.2, 0.25) is 0 Å². The summed E-state index contributed by atoms with van der Waals surface area (Å²) in [7, 11) is 0. The first-order valence-corrected chi connectivity index (χ1v) is 8.80. The lowest BCUT2D eigenvalue weighted by Crippen LogP contribution is -2.15. The van der Waals surface area contributed by atoms with E-state index in [0.29, 0.717) is 18.3 Å². The van der Waals surface area contributed by atoms with Gasteiger partial charge in [0.1, 0.15) is 0 Å². The Bertz CT molecular complexity index is 855. The van der Waals surface area contributed by atoms with Gasteiger partial charge in [-0.15, -0.1) is 11.3 Å². The SMILES string of the molecule is Cc1ccc([C@H]2C[C@@H]2C(=O)Nc2ccn(Cc3cccnc3)n2)s1. The summed E-state index contributed by atoms with van der Waals surface area (Å²) in [5, 5.41) is 7.35. The molecule has 0 radical (unpaired) electrons. The van der Waals surface area contributed by atoms with Crippen LogP contribution in [0.3, 0.4) is 0 Å². The Labute approximate surface area is 144 Å². The highest BCUT2D eigenvalue weighted by molar-refractivity contribution is 7.12. The Kier molecular flexibility index (Phi) is 3.90. The fourth-order valence-corrected chi connectivity index (χ4v) is 3.92. The minimum Gasteiger partial charge on any atom is -0.309 e. The highest BCUT2D eigenvalue weighted by atomic mass is 32.1. The maximum Gasteiger partial charge on any atom is 0.229 e. The number of carbonyl (C=O) groups is 1. The molecule has 4 rings (SSSR count). The van der Waals surface area contributed by atoms with Crippen molar-refractivity contribution in [3.05, 3.63) is 64.2 Å². The first-order chi connectivity index (χ1) is 11.7. The van der Waals surface area contributed by atoms with Crippen molar-refractivity contribution in [1.29, 1.82) is 0 Å². The van der Waals surface area contributed by atoms with Crippen LogP contribution in [0, 0.1) is 12.8 Å². The topological polar surface area (TPSA) is 59.8 Å². The minimum atomic E-state index is 0.0673. The van der Waals surface area contributed by atoms with Crippen LogP contribution in [0.4, 0.5) is 5.82 Å². The molecule has 1 fully saturated rings. The third kappa shape index (κ3) is 3.23. The van der Waals surface area contributed by atoms with Crippen LogP contribution in [0.5, 0.6) is 0 Å². The van der Waals surface area contributed by atoms with Crippen LogP contribution in [-0.2, 0) is 11.3 Å². The first kappa shape index (κ1) is 15.1. The molecule has 6 heteroatoms. The summed E-state index contributed by atoms with van der Waals surface area (Å²) in [5.74, 6) is 1.13. The lowest BCUT2D eigenvalue weighted by atomic mass is 10.2. The zero-order chi connectivity index (χ0) is 16.5. The number of aryl methyl sites for hydroxylation is 1. The van der Waals surface area contributed by atoms with Crippen LogP contribution in [0.15, 0.2) is 48.9 Å². The van der Waals surface area contributed by atoms with Crippen LogP contribution in [0.25, 0.3) is 0 Å². The fourth-order valence-electron chi connectivity index (χ4n) is 2.87. The summed E-state index contributed by atoms with van der Waals surface area (Å²) < 4.78 is 1.81. The Morgan fingerprint density at radius 3 is 3.04 bits per heavy atom. The summed E-state index contributed by atoms with van der Waals surface area (Å²) in [6.45, 7) is 2.74. The molecule has 5 nitrogen and oxygen atoms in total. The highest BCUT2D eigenvalue weighted by Gasteiger charge is 2.44. The van der Waals surface area contributed by atoms with E-state index >= 15 is 0 Å². The number of nitrogens with one attached hydrogen (secondary N) is 1. The summed E-state index contributed by atoms with van der Waals surface area (Å²) in [5.41, 5.74) is 1.08. The second-order valence-corrected chi connectivity index (χ2v) is 7.47. The van der Waals surface area contributed by atoms with Crippen LogP contribution in [-0.4, -0.2) is 20.7 Å². The molecule has 24 heavy (non-hydrogen) atoms. The molecule has 0 aliphatic heterocycles. The Balaban J connectivity index is 1.35. The largest absolute Gasteiger partial charge is 0.309 e. The molecule has 0 aromatic carbocycles. The average molecular weight is 338 g/mol. The van der Waals surface area contributed by atoms with Crippen molar-refractivity contribution in [2.24, 2.45) is 5.92 Å². The van der Waals surface area contributed by atoms with Gasteiger partial charge in [-0.3, -0.25) is 14.5 Å². The molecule has 3 heterocycles. The molecule has 3 aromatic rings. The van der Waals surface area contributed by atoms with Crippen LogP contribution >= 0.6 is 11.3 Å². The average Bonchev–Trinajstić information content (AvgIpc) is 3.09. The van der Waals surface area contributed by atoms with Gasteiger partial charge in [0.2, 0.25) is 5.91 Å². The monoisotopic (exact) mass is 338 g/mol.